The highest BCUT2D eigenvalue weighted by atomic mass is 33.1. The van der Waals surface area contributed by atoms with Gasteiger partial charge in [-0.3, -0.25) is 0 Å². The second kappa shape index (κ2) is 11.2. The number of nitrogens with zero attached hydrogens (tertiary/aromatic N) is 1. The van der Waals surface area contributed by atoms with E-state index in [-0.39, 0.29) is 0 Å². The van der Waals surface area contributed by atoms with Crippen LogP contribution in [0.1, 0.15) is 0 Å². The molecule has 0 atom stereocenters. The molecule has 17 heavy (non-hydrogen) atoms. The van der Waals surface area contributed by atoms with Crippen molar-refractivity contribution in [3.05, 3.63) is 0 Å². The van der Waals surface area contributed by atoms with E-state index in [0.717, 1.165) is 29.7 Å². The van der Waals surface area contributed by atoms with E-state index in [2.05, 4.69) is 16.0 Å². The van der Waals surface area contributed by atoms with Crippen molar-refractivity contribution in [2.24, 2.45) is 0 Å². The van der Waals surface area contributed by atoms with Gasteiger partial charge in [-0.05, 0) is 24.4 Å². The molecule has 3 N–H and O–H groups in total. The van der Waals surface area contributed by atoms with Gasteiger partial charge < -0.3 is 20.9 Å². The molecular weight excluding hydrogens is 292 g/mol. The zero-order valence-electron chi connectivity index (χ0n) is 10.4. The lowest BCUT2D eigenvalue weighted by atomic mass is 10.7. The molecule has 0 saturated heterocycles. The number of rotatable bonds is 7. The summed E-state index contributed by atoms with van der Waals surface area (Å²) in [6.45, 7) is 1.79. The second-order valence-electron chi connectivity index (χ2n) is 3.28. The predicted molar refractivity (Wildman–Crippen MR) is 88.9 cm³/mol. The summed E-state index contributed by atoms with van der Waals surface area (Å²) < 4.78 is 0. The molecule has 0 aliphatic carbocycles. The summed E-state index contributed by atoms with van der Waals surface area (Å²) in [5.41, 5.74) is 0. The van der Waals surface area contributed by atoms with E-state index in [4.69, 9.17) is 24.4 Å². The van der Waals surface area contributed by atoms with Crippen LogP contribution in [-0.2, 0) is 0 Å². The average Bonchev–Trinajstić information content (AvgIpc) is 2.31. The summed E-state index contributed by atoms with van der Waals surface area (Å²) in [6.07, 6.45) is 0. The van der Waals surface area contributed by atoms with E-state index in [9.17, 15) is 0 Å². The Hall–Kier alpha value is 0.0800. The number of hydrogen-bond acceptors (Lipinski definition) is 4. The van der Waals surface area contributed by atoms with Crippen molar-refractivity contribution in [2.45, 2.75) is 0 Å². The standard InChI is InChI=1S/C9H20N4S4/c1-10-8(14)11-4-6-16-17-7-5-12-9(15)13(2)3/h4-7H2,1-3H3,(H,12,15)(H2,10,11,14). The molecule has 100 valence electrons. The monoisotopic (exact) mass is 312 g/mol. The molecule has 0 heterocycles. The largest absolute Gasteiger partial charge is 0.366 e. The molecule has 0 rings (SSSR count). The molecule has 8 heteroatoms. The minimum absolute atomic E-state index is 0.702. The first-order valence-electron chi connectivity index (χ1n) is 5.23. The average molecular weight is 313 g/mol. The maximum Gasteiger partial charge on any atom is 0.168 e. The Balaban J connectivity index is 3.19. The molecule has 0 amide bonds. The van der Waals surface area contributed by atoms with Gasteiger partial charge in [-0.1, -0.05) is 21.6 Å². The van der Waals surface area contributed by atoms with Crippen LogP contribution in [0.4, 0.5) is 0 Å². The Labute approximate surface area is 122 Å². The van der Waals surface area contributed by atoms with E-state index in [0.29, 0.717) is 5.11 Å². The summed E-state index contributed by atoms with van der Waals surface area (Å²) in [6, 6.07) is 0. The minimum Gasteiger partial charge on any atom is -0.366 e. The van der Waals surface area contributed by atoms with Crippen molar-refractivity contribution in [2.75, 3.05) is 45.7 Å². The molecular formula is C9H20N4S4. The highest BCUT2D eigenvalue weighted by molar-refractivity contribution is 8.76. The van der Waals surface area contributed by atoms with Crippen LogP contribution in [0, 0.1) is 0 Å². The van der Waals surface area contributed by atoms with Crippen molar-refractivity contribution in [3.63, 3.8) is 0 Å². The third-order valence-corrected chi connectivity index (χ3v) is 4.92. The Bertz CT molecular complexity index is 235. The normalized spacial score (nSPS) is 9.59. The Morgan fingerprint density at radius 2 is 1.59 bits per heavy atom. The fourth-order valence-electron chi connectivity index (χ4n) is 0.770. The molecule has 0 aliphatic heterocycles. The summed E-state index contributed by atoms with van der Waals surface area (Å²) in [4.78, 5) is 1.90. The highest BCUT2D eigenvalue weighted by Crippen LogP contribution is 2.19. The molecule has 0 fully saturated rings. The maximum absolute atomic E-state index is 5.11. The molecule has 0 bridgehead atoms. The van der Waals surface area contributed by atoms with Gasteiger partial charge in [0.2, 0.25) is 0 Å². The fourth-order valence-corrected chi connectivity index (χ4v) is 2.79. The van der Waals surface area contributed by atoms with Gasteiger partial charge in [-0.25, -0.2) is 0 Å². The van der Waals surface area contributed by atoms with Crippen LogP contribution >= 0.6 is 46.0 Å². The zero-order valence-corrected chi connectivity index (χ0v) is 13.7. The summed E-state index contributed by atoms with van der Waals surface area (Å²) in [7, 11) is 9.37. The molecule has 0 aromatic carbocycles. The zero-order chi connectivity index (χ0) is 13.1. The topological polar surface area (TPSA) is 39.3 Å². The first-order chi connectivity index (χ1) is 8.07. The van der Waals surface area contributed by atoms with Gasteiger partial charge in [0.15, 0.2) is 10.2 Å². The van der Waals surface area contributed by atoms with E-state index < -0.39 is 0 Å². The lowest BCUT2D eigenvalue weighted by molar-refractivity contribution is 0.605. The first kappa shape index (κ1) is 17.1. The third-order valence-electron chi connectivity index (χ3n) is 1.65. The maximum atomic E-state index is 5.11. The molecule has 0 aromatic rings. The van der Waals surface area contributed by atoms with E-state index in [1.165, 1.54) is 0 Å². The minimum atomic E-state index is 0.702. The molecule has 0 aromatic heterocycles. The lowest BCUT2D eigenvalue weighted by Crippen LogP contribution is -2.35. The number of nitrogens with one attached hydrogen (secondary N) is 3. The number of thiocarbonyl (C=S) groups is 2. The fraction of sp³-hybridized carbons (Fsp3) is 0.778. The van der Waals surface area contributed by atoms with Gasteiger partial charge in [0.25, 0.3) is 0 Å². The van der Waals surface area contributed by atoms with Crippen LogP contribution in [0.5, 0.6) is 0 Å². The molecule has 0 unspecified atom stereocenters. The molecule has 0 spiro atoms. The second-order valence-corrected chi connectivity index (χ2v) is 6.77. The van der Waals surface area contributed by atoms with Gasteiger partial charge >= 0.3 is 0 Å². The quantitative estimate of drug-likeness (QED) is 0.364. The summed E-state index contributed by atoms with van der Waals surface area (Å²) >= 11 is 10.1. The SMILES string of the molecule is CNC(=S)NCCSSCCNC(=S)N(C)C. The van der Waals surface area contributed by atoms with Gasteiger partial charge in [0, 0.05) is 45.7 Å². The summed E-state index contributed by atoms with van der Waals surface area (Å²) in [5, 5.41) is 10.6. The Morgan fingerprint density at radius 1 is 1.06 bits per heavy atom. The van der Waals surface area contributed by atoms with Crippen LogP contribution in [-0.4, -0.2) is 60.9 Å². The number of hydrogen-bond donors (Lipinski definition) is 3. The van der Waals surface area contributed by atoms with Crippen molar-refractivity contribution >= 4 is 56.2 Å². The van der Waals surface area contributed by atoms with Crippen molar-refractivity contribution in [3.8, 4) is 0 Å². The Morgan fingerprint density at radius 3 is 2.06 bits per heavy atom. The lowest BCUT2D eigenvalue weighted by Gasteiger charge is -2.14. The van der Waals surface area contributed by atoms with Crippen molar-refractivity contribution in [1.82, 2.24) is 20.9 Å². The summed E-state index contributed by atoms with van der Waals surface area (Å²) in [5.74, 6) is 2.07. The smallest absolute Gasteiger partial charge is 0.168 e. The van der Waals surface area contributed by atoms with E-state index in [1.807, 2.05) is 47.6 Å². The van der Waals surface area contributed by atoms with Crippen molar-refractivity contribution < 1.29 is 0 Å². The van der Waals surface area contributed by atoms with Crippen LogP contribution in [0.15, 0.2) is 0 Å². The van der Waals surface area contributed by atoms with Crippen LogP contribution in [0.2, 0.25) is 0 Å². The van der Waals surface area contributed by atoms with E-state index in [1.54, 1.807) is 0 Å². The first-order valence-corrected chi connectivity index (χ1v) is 8.53. The van der Waals surface area contributed by atoms with Gasteiger partial charge in [0.1, 0.15) is 0 Å². The molecule has 4 nitrogen and oxygen atoms in total. The van der Waals surface area contributed by atoms with Crippen LogP contribution < -0.4 is 16.0 Å². The van der Waals surface area contributed by atoms with Gasteiger partial charge in [-0.15, -0.1) is 0 Å². The van der Waals surface area contributed by atoms with Gasteiger partial charge in [0.05, 0.1) is 0 Å². The molecule has 0 saturated carbocycles. The Kier molecular flexibility index (Phi) is 11.2. The third kappa shape index (κ3) is 10.9. The molecule has 0 aliphatic rings. The predicted octanol–water partition coefficient (Wildman–Crippen LogP) is 0.898. The molecule has 0 radical (unpaired) electrons. The van der Waals surface area contributed by atoms with Crippen LogP contribution in [0.25, 0.3) is 0 Å². The highest BCUT2D eigenvalue weighted by Gasteiger charge is 1.97. The van der Waals surface area contributed by atoms with Crippen LogP contribution in [0.3, 0.4) is 0 Å². The van der Waals surface area contributed by atoms with Crippen molar-refractivity contribution in [1.29, 1.82) is 0 Å². The van der Waals surface area contributed by atoms with E-state index >= 15 is 0 Å². The van der Waals surface area contributed by atoms with Gasteiger partial charge in [-0.2, -0.15) is 0 Å².